The van der Waals surface area contributed by atoms with Gasteiger partial charge >= 0.3 is 5.97 Å². The van der Waals surface area contributed by atoms with Crippen LogP contribution in [-0.2, 0) is 20.7 Å². The zero-order valence-electron chi connectivity index (χ0n) is 10.3. The fourth-order valence-corrected chi connectivity index (χ4v) is 2.54. The molecule has 20 heavy (non-hydrogen) atoms. The Morgan fingerprint density at radius 3 is 2.75 bits per heavy atom. The van der Waals surface area contributed by atoms with E-state index in [1.807, 2.05) is 0 Å². The maximum absolute atomic E-state index is 13.9. The van der Waals surface area contributed by atoms with Gasteiger partial charge in [-0.2, -0.15) is 0 Å². The fraction of sp³-hybridized carbons (Fsp3) is 0.385. The van der Waals surface area contributed by atoms with Crippen LogP contribution < -0.4 is 0 Å². The molecule has 0 radical (unpaired) electrons. The van der Waals surface area contributed by atoms with Crippen LogP contribution in [0.4, 0.5) is 8.78 Å². The van der Waals surface area contributed by atoms with Crippen molar-refractivity contribution < 1.29 is 28.2 Å². The van der Waals surface area contributed by atoms with Gasteiger partial charge in [-0.3, -0.25) is 9.59 Å². The number of carbonyl (C=O) groups is 2. The lowest BCUT2D eigenvalue weighted by molar-refractivity contribution is -0.164. The Morgan fingerprint density at radius 1 is 1.45 bits per heavy atom. The number of carboxylic acids is 1. The number of carbonyl (C=O) groups excluding carboxylic acids is 1. The van der Waals surface area contributed by atoms with Crippen molar-refractivity contribution in [2.45, 2.75) is 12.8 Å². The number of ether oxygens (including phenoxy) is 1. The number of benzene rings is 1. The number of halogens is 3. The number of aliphatic carboxylic acids is 1. The molecule has 0 spiro atoms. The van der Waals surface area contributed by atoms with Gasteiger partial charge in [0.05, 0.1) is 17.7 Å². The molecule has 0 amide bonds. The van der Waals surface area contributed by atoms with Gasteiger partial charge in [-0.25, -0.2) is 8.78 Å². The molecule has 0 saturated carbocycles. The molecular formula is C13H11BrF2O4. The molecule has 1 fully saturated rings. The van der Waals surface area contributed by atoms with Gasteiger partial charge in [0, 0.05) is 18.4 Å². The van der Waals surface area contributed by atoms with Crippen molar-refractivity contribution in [2.75, 3.05) is 13.2 Å². The maximum Gasteiger partial charge on any atom is 0.319 e. The quantitative estimate of drug-likeness (QED) is 0.672. The summed E-state index contributed by atoms with van der Waals surface area (Å²) in [6, 6.07) is 2.20. The first-order valence-electron chi connectivity index (χ1n) is 5.85. The van der Waals surface area contributed by atoms with Crippen LogP contribution in [0.3, 0.4) is 0 Å². The molecular weight excluding hydrogens is 338 g/mol. The zero-order valence-corrected chi connectivity index (χ0v) is 11.9. The van der Waals surface area contributed by atoms with Gasteiger partial charge < -0.3 is 9.84 Å². The van der Waals surface area contributed by atoms with Crippen LogP contribution in [0, 0.1) is 17.0 Å². The second kappa shape index (κ2) is 5.57. The standard InChI is InChI=1S/C13H11BrF2O4/c14-8-1-2-9(15)7(11(8)16)5-13(12(18)19)6-20-4-3-10(13)17/h1-2H,3-6H2,(H,18,19). The number of rotatable bonds is 3. The Bertz CT molecular complexity index is 576. The van der Waals surface area contributed by atoms with Gasteiger partial charge in [-0.05, 0) is 28.1 Å². The maximum atomic E-state index is 13.9. The van der Waals surface area contributed by atoms with Gasteiger partial charge in [0.2, 0.25) is 0 Å². The molecule has 1 aromatic carbocycles. The molecule has 0 aromatic heterocycles. The van der Waals surface area contributed by atoms with Crippen molar-refractivity contribution >= 4 is 27.7 Å². The first-order chi connectivity index (χ1) is 9.38. The third kappa shape index (κ3) is 2.47. The summed E-state index contributed by atoms with van der Waals surface area (Å²) in [5, 5.41) is 9.31. The highest BCUT2D eigenvalue weighted by atomic mass is 79.9. The van der Waals surface area contributed by atoms with Crippen LogP contribution in [0.25, 0.3) is 0 Å². The summed E-state index contributed by atoms with van der Waals surface area (Å²) >= 11 is 2.91. The second-order valence-electron chi connectivity index (χ2n) is 4.61. The molecule has 0 bridgehead atoms. The lowest BCUT2D eigenvalue weighted by Gasteiger charge is -2.31. The third-order valence-corrected chi connectivity index (χ3v) is 3.99. The summed E-state index contributed by atoms with van der Waals surface area (Å²) < 4.78 is 32.7. The first-order valence-corrected chi connectivity index (χ1v) is 6.64. The molecule has 1 aliphatic rings. The molecule has 1 saturated heterocycles. The van der Waals surface area contributed by atoms with E-state index in [-0.39, 0.29) is 24.1 Å². The Balaban J connectivity index is 2.47. The Kier molecular flexibility index (Phi) is 4.19. The minimum Gasteiger partial charge on any atom is -0.480 e. The van der Waals surface area contributed by atoms with Gasteiger partial charge in [0.15, 0.2) is 11.2 Å². The molecule has 1 unspecified atom stereocenters. The molecule has 108 valence electrons. The van der Waals surface area contributed by atoms with Gasteiger partial charge in [-0.1, -0.05) is 0 Å². The minimum atomic E-state index is -1.93. The van der Waals surface area contributed by atoms with E-state index < -0.39 is 40.8 Å². The SMILES string of the molecule is O=C(O)C1(Cc2c(F)ccc(Br)c2F)COCCC1=O. The number of hydrogen-bond acceptors (Lipinski definition) is 3. The lowest BCUT2D eigenvalue weighted by Crippen LogP contribution is -2.49. The van der Waals surface area contributed by atoms with Crippen LogP contribution in [0.15, 0.2) is 16.6 Å². The van der Waals surface area contributed by atoms with Crippen LogP contribution >= 0.6 is 15.9 Å². The Labute approximate surface area is 121 Å². The summed E-state index contributed by atoms with van der Waals surface area (Å²) in [6.07, 6.45) is -0.651. The smallest absolute Gasteiger partial charge is 0.319 e. The predicted molar refractivity (Wildman–Crippen MR) is 68.3 cm³/mol. The van der Waals surface area contributed by atoms with Crippen molar-refractivity contribution in [1.82, 2.24) is 0 Å². The second-order valence-corrected chi connectivity index (χ2v) is 5.47. The van der Waals surface area contributed by atoms with E-state index in [2.05, 4.69) is 15.9 Å². The molecule has 1 atom stereocenters. The zero-order chi connectivity index (χ0) is 14.9. The monoisotopic (exact) mass is 348 g/mol. The van der Waals surface area contributed by atoms with E-state index in [1.165, 1.54) is 6.07 Å². The summed E-state index contributed by atoms with van der Waals surface area (Å²) in [7, 11) is 0. The predicted octanol–water partition coefficient (Wildman–Crippen LogP) is 2.33. The number of carboxylic acid groups (broad SMARTS) is 1. The Morgan fingerprint density at radius 2 is 2.15 bits per heavy atom. The van der Waals surface area contributed by atoms with Crippen molar-refractivity contribution in [1.29, 1.82) is 0 Å². The molecule has 1 aliphatic heterocycles. The van der Waals surface area contributed by atoms with Crippen molar-refractivity contribution in [2.24, 2.45) is 5.41 Å². The molecule has 2 rings (SSSR count). The van der Waals surface area contributed by atoms with Gasteiger partial charge in [0.25, 0.3) is 0 Å². The highest BCUT2D eigenvalue weighted by Crippen LogP contribution is 2.33. The van der Waals surface area contributed by atoms with Crippen LogP contribution in [0.2, 0.25) is 0 Å². The van der Waals surface area contributed by atoms with E-state index in [0.717, 1.165) is 6.07 Å². The van der Waals surface area contributed by atoms with Crippen molar-refractivity contribution in [3.8, 4) is 0 Å². The van der Waals surface area contributed by atoms with E-state index in [0.29, 0.717) is 0 Å². The Hall–Kier alpha value is -1.34. The minimum absolute atomic E-state index is 0.0126. The van der Waals surface area contributed by atoms with E-state index in [9.17, 15) is 23.5 Å². The number of ketones is 1. The molecule has 1 heterocycles. The van der Waals surface area contributed by atoms with Gasteiger partial charge in [0.1, 0.15) is 11.6 Å². The molecule has 4 nitrogen and oxygen atoms in total. The lowest BCUT2D eigenvalue weighted by atomic mass is 9.76. The number of hydrogen-bond donors (Lipinski definition) is 1. The summed E-state index contributed by atoms with van der Waals surface area (Å²) in [6.45, 7) is -0.260. The average Bonchev–Trinajstić information content (AvgIpc) is 2.41. The average molecular weight is 349 g/mol. The van der Waals surface area contributed by atoms with Crippen LogP contribution in [0.1, 0.15) is 12.0 Å². The molecule has 7 heteroatoms. The fourth-order valence-electron chi connectivity index (χ4n) is 2.17. The summed E-state index contributed by atoms with van der Waals surface area (Å²) in [5.41, 5.74) is -2.36. The largest absolute Gasteiger partial charge is 0.480 e. The topological polar surface area (TPSA) is 63.6 Å². The number of Topliss-reactive ketones (excluding diaryl/α,β-unsaturated/α-hetero) is 1. The van der Waals surface area contributed by atoms with E-state index in [4.69, 9.17) is 4.74 Å². The van der Waals surface area contributed by atoms with Crippen molar-refractivity contribution in [3.63, 3.8) is 0 Å². The summed E-state index contributed by atoms with van der Waals surface area (Å²) in [4.78, 5) is 23.4. The van der Waals surface area contributed by atoms with E-state index in [1.54, 1.807) is 0 Å². The molecule has 1 N–H and O–H groups in total. The van der Waals surface area contributed by atoms with Crippen LogP contribution in [-0.4, -0.2) is 30.1 Å². The first kappa shape index (κ1) is 15.1. The summed E-state index contributed by atoms with van der Waals surface area (Å²) in [5.74, 6) is -3.79. The highest BCUT2D eigenvalue weighted by molar-refractivity contribution is 9.10. The molecule has 0 aliphatic carbocycles. The third-order valence-electron chi connectivity index (χ3n) is 3.38. The normalized spacial score (nSPS) is 22.9. The molecule has 1 aromatic rings. The highest BCUT2D eigenvalue weighted by Gasteiger charge is 2.49. The van der Waals surface area contributed by atoms with Gasteiger partial charge in [-0.15, -0.1) is 0 Å². The van der Waals surface area contributed by atoms with Crippen LogP contribution in [0.5, 0.6) is 0 Å². The van der Waals surface area contributed by atoms with E-state index >= 15 is 0 Å². The van der Waals surface area contributed by atoms with Crippen molar-refractivity contribution in [3.05, 3.63) is 33.8 Å².